The zero-order chi connectivity index (χ0) is 26.6. The number of pyridine rings is 1. The molecule has 5 rings (SSSR count). The summed E-state index contributed by atoms with van der Waals surface area (Å²) >= 11 is 0. The average Bonchev–Trinajstić information content (AvgIpc) is 3.36. The zero-order valence-corrected chi connectivity index (χ0v) is 21.6. The molecule has 0 spiro atoms. The summed E-state index contributed by atoms with van der Waals surface area (Å²) in [6, 6.07) is 11.2. The van der Waals surface area contributed by atoms with E-state index < -0.39 is 0 Å². The number of carbonyl (C=O) groups excluding carboxylic acids is 3. The lowest BCUT2D eigenvalue weighted by Gasteiger charge is -2.34. The fraction of sp³-hybridized carbons (Fsp3) is 0.370. The Morgan fingerprint density at radius 3 is 2.37 bits per heavy atom. The number of aromatic nitrogens is 3. The standard InChI is InChI=1S/C27H31N7O4/c1-3-38-27(37)33-13-10-20(11-14-33)23-5-4-12-34-24(23)29-26(30-34)28-22-8-6-21(7-9-22)25(36)32-17-15-31(16-18-32)19(2)35/h4-10,12H,3,11,13-18H2,1-2H3,(H,28,30). The van der Waals surface area contributed by atoms with E-state index in [4.69, 9.17) is 9.72 Å². The summed E-state index contributed by atoms with van der Waals surface area (Å²) < 4.78 is 6.84. The van der Waals surface area contributed by atoms with Crippen LogP contribution in [0.15, 0.2) is 48.7 Å². The lowest BCUT2D eigenvalue weighted by Crippen LogP contribution is -2.50. The van der Waals surface area contributed by atoms with Crippen molar-refractivity contribution in [3.63, 3.8) is 0 Å². The van der Waals surface area contributed by atoms with Crippen LogP contribution >= 0.6 is 0 Å². The van der Waals surface area contributed by atoms with Crippen molar-refractivity contribution >= 4 is 40.8 Å². The molecule has 2 aliphatic heterocycles. The Morgan fingerprint density at radius 1 is 0.974 bits per heavy atom. The number of ether oxygens (including phenoxy) is 1. The molecule has 1 N–H and O–H groups in total. The van der Waals surface area contributed by atoms with Gasteiger partial charge >= 0.3 is 6.09 Å². The van der Waals surface area contributed by atoms with Gasteiger partial charge in [-0.3, -0.25) is 9.59 Å². The quantitative estimate of drug-likeness (QED) is 0.554. The van der Waals surface area contributed by atoms with Gasteiger partial charge in [0, 0.05) is 69.2 Å². The van der Waals surface area contributed by atoms with Crippen LogP contribution in [0.25, 0.3) is 11.2 Å². The van der Waals surface area contributed by atoms with Gasteiger partial charge in [0.2, 0.25) is 11.9 Å². The minimum Gasteiger partial charge on any atom is -0.450 e. The normalized spacial score (nSPS) is 15.8. The van der Waals surface area contributed by atoms with E-state index in [1.54, 1.807) is 45.2 Å². The first-order valence-electron chi connectivity index (χ1n) is 12.8. The molecule has 3 amide bonds. The fourth-order valence-electron chi connectivity index (χ4n) is 4.74. The molecule has 3 aromatic rings. The maximum atomic E-state index is 12.9. The molecule has 2 aliphatic rings. The second-order valence-electron chi connectivity index (χ2n) is 9.25. The van der Waals surface area contributed by atoms with Crippen LogP contribution < -0.4 is 5.32 Å². The van der Waals surface area contributed by atoms with Crippen LogP contribution in [0.5, 0.6) is 0 Å². The Balaban J connectivity index is 1.25. The SMILES string of the molecule is CCOC(=O)N1CC=C(c2cccn3nc(Nc4ccc(C(=O)N5CCN(C(C)=O)CC5)cc4)nc23)CC1. The number of hydrogen-bond donors (Lipinski definition) is 1. The van der Waals surface area contributed by atoms with Gasteiger partial charge in [0.25, 0.3) is 5.91 Å². The molecule has 198 valence electrons. The molecule has 1 aromatic carbocycles. The summed E-state index contributed by atoms with van der Waals surface area (Å²) in [6.07, 6.45) is 4.29. The third kappa shape index (κ3) is 5.31. The third-order valence-electron chi connectivity index (χ3n) is 6.84. The van der Waals surface area contributed by atoms with Crippen molar-refractivity contribution in [2.75, 3.05) is 51.2 Å². The summed E-state index contributed by atoms with van der Waals surface area (Å²) in [5, 5.41) is 7.78. The van der Waals surface area contributed by atoms with Gasteiger partial charge in [-0.2, -0.15) is 4.98 Å². The lowest BCUT2D eigenvalue weighted by molar-refractivity contribution is -0.130. The number of anilines is 2. The summed E-state index contributed by atoms with van der Waals surface area (Å²) in [7, 11) is 0. The molecule has 0 radical (unpaired) electrons. The Bertz CT molecular complexity index is 1370. The lowest BCUT2D eigenvalue weighted by atomic mass is 10.0. The number of nitrogens with one attached hydrogen (secondary N) is 1. The highest BCUT2D eigenvalue weighted by Gasteiger charge is 2.24. The van der Waals surface area contributed by atoms with E-state index in [0.29, 0.717) is 63.8 Å². The molecule has 1 fully saturated rings. The Labute approximate surface area is 220 Å². The van der Waals surface area contributed by atoms with Crippen LogP contribution in [-0.4, -0.2) is 93.1 Å². The molecule has 0 atom stereocenters. The van der Waals surface area contributed by atoms with Gasteiger partial charge in [-0.25, -0.2) is 9.31 Å². The van der Waals surface area contributed by atoms with Gasteiger partial charge in [-0.05, 0) is 55.3 Å². The van der Waals surface area contributed by atoms with E-state index in [1.807, 2.05) is 36.5 Å². The predicted molar refractivity (Wildman–Crippen MR) is 142 cm³/mol. The van der Waals surface area contributed by atoms with Crippen LogP contribution in [0.4, 0.5) is 16.4 Å². The number of rotatable bonds is 5. The smallest absolute Gasteiger partial charge is 0.410 e. The monoisotopic (exact) mass is 517 g/mol. The number of benzene rings is 1. The third-order valence-corrected chi connectivity index (χ3v) is 6.84. The fourth-order valence-corrected chi connectivity index (χ4v) is 4.74. The van der Waals surface area contributed by atoms with E-state index in [1.165, 1.54) is 0 Å². The molecule has 38 heavy (non-hydrogen) atoms. The molecule has 2 aromatic heterocycles. The van der Waals surface area contributed by atoms with Crippen LogP contribution in [0, 0.1) is 0 Å². The first-order valence-corrected chi connectivity index (χ1v) is 12.8. The molecule has 0 bridgehead atoms. The van der Waals surface area contributed by atoms with Gasteiger partial charge in [0.05, 0.1) is 6.61 Å². The van der Waals surface area contributed by atoms with Crippen molar-refractivity contribution in [2.45, 2.75) is 20.3 Å². The molecule has 1 saturated heterocycles. The van der Waals surface area contributed by atoms with E-state index in [2.05, 4.69) is 10.4 Å². The van der Waals surface area contributed by atoms with E-state index in [-0.39, 0.29) is 17.9 Å². The molecule has 0 saturated carbocycles. The van der Waals surface area contributed by atoms with Crippen molar-refractivity contribution in [1.82, 2.24) is 29.3 Å². The minimum atomic E-state index is -0.293. The number of piperazine rings is 1. The first kappa shape index (κ1) is 25.2. The number of carbonyl (C=O) groups is 3. The van der Waals surface area contributed by atoms with Crippen molar-refractivity contribution < 1.29 is 19.1 Å². The molecule has 11 nitrogen and oxygen atoms in total. The van der Waals surface area contributed by atoms with Gasteiger partial charge < -0.3 is 24.8 Å². The Morgan fingerprint density at radius 2 is 1.71 bits per heavy atom. The summed E-state index contributed by atoms with van der Waals surface area (Å²) in [4.78, 5) is 46.3. The minimum absolute atomic E-state index is 0.0383. The highest BCUT2D eigenvalue weighted by atomic mass is 16.6. The average molecular weight is 518 g/mol. The van der Waals surface area contributed by atoms with Crippen LogP contribution in [0.3, 0.4) is 0 Å². The second kappa shape index (κ2) is 10.9. The summed E-state index contributed by atoms with van der Waals surface area (Å²) in [6.45, 7) is 6.97. The number of amides is 3. The number of fused-ring (bicyclic) bond motifs is 1. The molecule has 0 aliphatic carbocycles. The number of hydrogen-bond acceptors (Lipinski definition) is 7. The molecule has 0 unspecified atom stereocenters. The Kier molecular flexibility index (Phi) is 7.25. The van der Waals surface area contributed by atoms with Gasteiger partial charge in [0.1, 0.15) is 0 Å². The molecule has 4 heterocycles. The van der Waals surface area contributed by atoms with Gasteiger partial charge in [0.15, 0.2) is 5.65 Å². The van der Waals surface area contributed by atoms with Gasteiger partial charge in [-0.1, -0.05) is 6.08 Å². The zero-order valence-electron chi connectivity index (χ0n) is 21.6. The van der Waals surface area contributed by atoms with E-state index >= 15 is 0 Å². The molecular formula is C27H31N7O4. The van der Waals surface area contributed by atoms with Crippen molar-refractivity contribution in [2.24, 2.45) is 0 Å². The predicted octanol–water partition coefficient (Wildman–Crippen LogP) is 3.02. The maximum absolute atomic E-state index is 12.9. The highest BCUT2D eigenvalue weighted by Crippen LogP contribution is 2.27. The van der Waals surface area contributed by atoms with Crippen molar-refractivity contribution in [1.29, 1.82) is 0 Å². The topological polar surface area (TPSA) is 112 Å². The van der Waals surface area contributed by atoms with Crippen molar-refractivity contribution in [3.8, 4) is 0 Å². The largest absolute Gasteiger partial charge is 0.450 e. The van der Waals surface area contributed by atoms with Crippen LogP contribution in [0.2, 0.25) is 0 Å². The van der Waals surface area contributed by atoms with Gasteiger partial charge in [-0.15, -0.1) is 5.10 Å². The highest BCUT2D eigenvalue weighted by molar-refractivity contribution is 5.94. The van der Waals surface area contributed by atoms with E-state index in [0.717, 1.165) is 22.5 Å². The number of nitrogens with zero attached hydrogens (tertiary/aromatic N) is 6. The van der Waals surface area contributed by atoms with E-state index in [9.17, 15) is 14.4 Å². The maximum Gasteiger partial charge on any atom is 0.410 e. The molecular weight excluding hydrogens is 486 g/mol. The Hall–Kier alpha value is -4.41. The first-order chi connectivity index (χ1) is 18.4. The summed E-state index contributed by atoms with van der Waals surface area (Å²) in [5.74, 6) is 0.440. The van der Waals surface area contributed by atoms with Crippen LogP contribution in [-0.2, 0) is 9.53 Å². The van der Waals surface area contributed by atoms with Crippen molar-refractivity contribution in [3.05, 3.63) is 59.8 Å². The second-order valence-corrected chi connectivity index (χ2v) is 9.25. The van der Waals surface area contributed by atoms with Crippen LogP contribution in [0.1, 0.15) is 36.2 Å². The molecule has 11 heteroatoms. The summed E-state index contributed by atoms with van der Waals surface area (Å²) in [5.41, 5.74) is 4.17.